The fourth-order valence-corrected chi connectivity index (χ4v) is 10.5. The van der Waals surface area contributed by atoms with Gasteiger partial charge in [-0.1, -0.05) is 52.3 Å². The number of carbonyl (C=O) groups is 5. The van der Waals surface area contributed by atoms with Crippen molar-refractivity contribution < 1.29 is 63.0 Å². The Kier molecular flexibility index (Phi) is 15.4. The van der Waals surface area contributed by atoms with Gasteiger partial charge in [-0.05, 0) is 58.7 Å². The summed E-state index contributed by atoms with van der Waals surface area (Å²) in [4.78, 5) is 77.7. The van der Waals surface area contributed by atoms with Crippen LogP contribution in [0.2, 0.25) is 0 Å². The average Bonchev–Trinajstić information content (AvgIpc) is 3.60. The highest BCUT2D eigenvalue weighted by Gasteiger charge is 2.53. The van der Waals surface area contributed by atoms with Crippen LogP contribution in [0.4, 0.5) is 4.79 Å². The Hall–Kier alpha value is -5.07. The third-order valence-corrected chi connectivity index (χ3v) is 14.8. The van der Waals surface area contributed by atoms with Crippen LogP contribution in [0.25, 0.3) is 0 Å². The largest absolute Gasteiger partial charge is 0.507 e. The fraction of sp³-hybridized carbons (Fsp3) is 0.620. The van der Waals surface area contributed by atoms with Crippen molar-refractivity contribution in [1.29, 1.82) is 0 Å². The number of likely N-dealkylation sites (tertiary alicyclic amines) is 2. The summed E-state index contributed by atoms with van der Waals surface area (Å²) in [7, 11) is 1.47. The maximum absolute atomic E-state index is 14.8. The first-order chi connectivity index (χ1) is 31.9. The molecule has 3 saturated heterocycles. The van der Waals surface area contributed by atoms with Crippen LogP contribution in [-0.4, -0.2) is 155 Å². The first kappa shape index (κ1) is 49.8. The Labute approximate surface area is 392 Å². The lowest BCUT2D eigenvalue weighted by molar-refractivity contribution is -0.116. The molecule has 1 aromatic rings. The van der Waals surface area contributed by atoms with Crippen molar-refractivity contribution >= 4 is 29.4 Å². The Bertz CT molecular complexity index is 2220. The Balaban J connectivity index is 1.25. The number of methoxy groups -OCH3 is 1. The number of nitrogens with zero attached hydrogens (tertiary/aromatic N) is 3. The van der Waals surface area contributed by atoms with E-state index in [0.717, 1.165) is 25.9 Å². The number of ketones is 3. The number of rotatable bonds is 4. The maximum Gasteiger partial charge on any atom is 0.410 e. The molecule has 1 aliphatic carbocycles. The number of allylic oxidation sites excluding steroid dienone is 4. The predicted octanol–water partition coefficient (Wildman–Crippen LogP) is 4.81. The summed E-state index contributed by atoms with van der Waals surface area (Å²) in [6, 6.07) is 0.403. The highest BCUT2D eigenvalue weighted by molar-refractivity contribution is 6.32. The summed E-state index contributed by atoms with van der Waals surface area (Å²) in [5.74, 6) is -8.58. The van der Waals surface area contributed by atoms with Crippen molar-refractivity contribution in [2.75, 3.05) is 59.6 Å². The van der Waals surface area contributed by atoms with Crippen LogP contribution in [0.5, 0.6) is 11.5 Å². The topological polar surface area (TPSA) is 214 Å². The van der Waals surface area contributed by atoms with Gasteiger partial charge in [0, 0.05) is 81.1 Å². The average molecular weight is 933 g/mol. The molecule has 0 unspecified atom stereocenters. The van der Waals surface area contributed by atoms with Gasteiger partial charge < -0.3 is 59.0 Å². The predicted molar refractivity (Wildman–Crippen MR) is 245 cm³/mol. The minimum atomic E-state index is -2.09. The highest BCUT2D eigenvalue weighted by atomic mass is 16.7. The zero-order chi connectivity index (χ0) is 48.5. The lowest BCUT2D eigenvalue weighted by Crippen LogP contribution is -2.51. The smallest absolute Gasteiger partial charge is 0.410 e. The van der Waals surface area contributed by atoms with Gasteiger partial charge in [-0.3, -0.25) is 19.2 Å². The zero-order valence-corrected chi connectivity index (χ0v) is 40.0. The molecule has 7 aliphatic rings. The molecular weight excluding hydrogens is 865 g/mol. The van der Waals surface area contributed by atoms with Crippen LogP contribution in [0, 0.1) is 30.6 Å². The van der Waals surface area contributed by atoms with Gasteiger partial charge in [-0.15, -0.1) is 0 Å². The van der Waals surface area contributed by atoms with Gasteiger partial charge in [0.25, 0.3) is 11.7 Å². The lowest BCUT2D eigenvalue weighted by atomic mass is 9.78. The molecule has 2 amide bonds. The number of phenolic OH excluding ortho intramolecular Hbond substituents is 1. The molecule has 17 nitrogen and oxygen atoms in total. The Morgan fingerprint density at radius 2 is 1.51 bits per heavy atom. The number of benzene rings is 1. The number of Topliss-reactive ketones (excluding diaryl/α,β-unsaturated/α-hetero) is 3. The fourth-order valence-electron chi connectivity index (χ4n) is 10.5. The van der Waals surface area contributed by atoms with E-state index in [1.165, 1.54) is 65.6 Å². The number of phenols is 1. The third-order valence-electron chi connectivity index (χ3n) is 14.8. The van der Waals surface area contributed by atoms with E-state index >= 15 is 0 Å². The first-order valence-electron chi connectivity index (χ1n) is 23.8. The van der Waals surface area contributed by atoms with Crippen LogP contribution in [0.15, 0.2) is 47.5 Å². The highest BCUT2D eigenvalue weighted by Crippen LogP contribution is 2.49. The van der Waals surface area contributed by atoms with Crippen LogP contribution >= 0.6 is 0 Å². The number of carbonyl (C=O) groups excluding carboxylic acids is 5. The van der Waals surface area contributed by atoms with E-state index in [2.05, 4.69) is 10.2 Å². The number of nitrogens with one attached hydrogen (secondary N) is 1. The van der Waals surface area contributed by atoms with Crippen LogP contribution < -0.4 is 10.1 Å². The summed E-state index contributed by atoms with van der Waals surface area (Å²) in [5, 5.41) is 37.8. The van der Waals surface area contributed by atoms with Gasteiger partial charge in [0.15, 0.2) is 0 Å². The van der Waals surface area contributed by atoms with Crippen LogP contribution in [0.3, 0.4) is 0 Å². The van der Waals surface area contributed by atoms with Gasteiger partial charge in [0.05, 0.1) is 54.5 Å². The van der Waals surface area contributed by atoms with Crippen molar-refractivity contribution in [2.45, 2.75) is 117 Å². The van der Waals surface area contributed by atoms with Gasteiger partial charge >= 0.3 is 11.9 Å². The molecule has 6 aliphatic heterocycles. The number of ether oxygens (including phenoxy) is 5. The molecule has 5 bridgehead atoms. The van der Waals surface area contributed by atoms with Crippen molar-refractivity contribution in [1.82, 2.24) is 20.0 Å². The number of morpholine rings is 1. The second-order valence-corrected chi connectivity index (χ2v) is 19.2. The summed E-state index contributed by atoms with van der Waals surface area (Å²) >= 11 is 0. The Morgan fingerprint density at radius 1 is 0.836 bits per heavy atom. The minimum Gasteiger partial charge on any atom is -0.507 e. The molecule has 366 valence electrons. The monoisotopic (exact) mass is 932 g/mol. The Morgan fingerprint density at radius 3 is 2.16 bits per heavy atom. The van der Waals surface area contributed by atoms with E-state index in [4.69, 9.17) is 23.7 Å². The van der Waals surface area contributed by atoms with E-state index in [1.54, 1.807) is 42.7 Å². The molecular formula is C50H68N4O13. The van der Waals surface area contributed by atoms with Gasteiger partial charge in [0.2, 0.25) is 11.6 Å². The van der Waals surface area contributed by atoms with E-state index < -0.39 is 94.5 Å². The van der Waals surface area contributed by atoms with Crippen molar-refractivity contribution in [2.24, 2.45) is 23.7 Å². The van der Waals surface area contributed by atoms with Crippen LogP contribution in [-0.2, 0) is 23.7 Å². The number of aliphatic hydroxyl groups is 2. The van der Waals surface area contributed by atoms with Gasteiger partial charge in [0.1, 0.15) is 29.0 Å². The number of aromatic hydroxyl groups is 1. The molecule has 9 atom stereocenters. The van der Waals surface area contributed by atoms with E-state index in [-0.39, 0.29) is 65.7 Å². The quantitative estimate of drug-likeness (QED) is 0.319. The molecule has 67 heavy (non-hydrogen) atoms. The molecule has 17 heteroatoms. The van der Waals surface area contributed by atoms with Crippen LogP contribution in [0.1, 0.15) is 110 Å². The molecule has 6 heterocycles. The number of amides is 2. The third kappa shape index (κ3) is 9.80. The number of hydrogen-bond donors (Lipinski definition) is 4. The summed E-state index contributed by atoms with van der Waals surface area (Å²) < 4.78 is 30.1. The number of aliphatic hydroxyl groups excluding tert-OH is 2. The molecule has 0 aromatic heterocycles. The molecule has 0 saturated carbocycles. The molecule has 3 fully saturated rings. The van der Waals surface area contributed by atoms with Gasteiger partial charge in [-0.2, -0.15) is 0 Å². The molecule has 4 N–H and O–H groups in total. The number of fused-ring (bicyclic) bond motifs is 14. The molecule has 0 radical (unpaired) electrons. The van der Waals surface area contributed by atoms with Crippen molar-refractivity contribution in [3.05, 3.63) is 69.8 Å². The standard InChI is InChI=1S/C50H68N4O13/c1-27-13-12-14-28(2)48(61)51-38-39(53-22-25-64-26-23-53)44(59)35-36(43(38)58)42(57)32(6)46-37(35)47(60)50(7,67-46)65-24-17-34(63-8)29(3)45(31(5)41(56)30(4)40(27)55)66-49(62)54-20-15-33(16-21-54)52-18-10-9-11-19-52/h12-14,17,24,27,29-31,33-34,40-41,45,55-57H,9-11,15-16,18-23,25-26H2,1-8H3,(H,51,61)/b13-12+,24-17+,28-14-/t27-,29-,30-,31-,34+,40-,41-,45+,50+/m1/s1. The summed E-state index contributed by atoms with van der Waals surface area (Å²) in [6.45, 7) is 15.4. The zero-order valence-electron chi connectivity index (χ0n) is 40.0. The van der Waals surface area contributed by atoms with Crippen molar-refractivity contribution in [3.8, 4) is 11.5 Å². The first-order valence-corrected chi connectivity index (χ1v) is 23.8. The summed E-state index contributed by atoms with van der Waals surface area (Å²) in [5.41, 5.74) is -1.43. The second-order valence-electron chi connectivity index (χ2n) is 19.2. The van der Waals surface area contributed by atoms with Gasteiger partial charge in [-0.25, -0.2) is 4.79 Å². The number of hydrogen-bond acceptors (Lipinski definition) is 15. The summed E-state index contributed by atoms with van der Waals surface area (Å²) in [6.07, 6.45) is 8.23. The second kappa shape index (κ2) is 20.7. The molecule has 0 spiro atoms. The van der Waals surface area contributed by atoms with Crippen molar-refractivity contribution in [3.63, 3.8) is 0 Å². The van der Waals surface area contributed by atoms with E-state index in [9.17, 15) is 39.3 Å². The minimum absolute atomic E-state index is 0.00800. The van der Waals surface area contributed by atoms with E-state index in [1.807, 2.05) is 6.92 Å². The van der Waals surface area contributed by atoms with E-state index in [0.29, 0.717) is 19.1 Å². The maximum atomic E-state index is 14.8. The SMILES string of the molecule is CO[C@H]1/C=C/O[C@@]2(C)Oc3c(C)c(O)c4c(c3C2=O)C(=O)C(N2CCOCC2)=C(NC(=O)/C(C)=C\C=C\[C@@H](C)[C@@H](O)[C@@H](C)[C@@H](O)[C@@H](C)[C@@H](OC(=O)N2CCC(N3CCCCC3)CC2)[C@@H]1C)C4=O. The lowest BCUT2D eigenvalue weighted by Gasteiger charge is -2.41. The molecule has 1 aromatic carbocycles. The number of piperidine rings is 2. The normalized spacial score (nSPS) is 33.7. The molecule has 8 rings (SSSR count).